The van der Waals surface area contributed by atoms with E-state index >= 15 is 0 Å². The molecule has 2 aliphatic carbocycles. The van der Waals surface area contributed by atoms with E-state index < -0.39 is 12.2 Å². The van der Waals surface area contributed by atoms with Crippen LogP contribution in [0.4, 0.5) is 0 Å². The van der Waals surface area contributed by atoms with Gasteiger partial charge in [0.25, 0.3) is 0 Å². The van der Waals surface area contributed by atoms with E-state index in [1.54, 1.807) is 0 Å². The Bertz CT molecular complexity index is 851. The maximum Gasteiger partial charge on any atom is 0.0968 e. The first-order chi connectivity index (χ1) is 12.2. The van der Waals surface area contributed by atoms with Crippen LogP contribution in [0.5, 0.6) is 0 Å². The fourth-order valence-electron chi connectivity index (χ4n) is 4.18. The second kappa shape index (κ2) is 5.48. The number of hydrogen-bond donors (Lipinski definition) is 2. The third-order valence-electron chi connectivity index (χ3n) is 5.43. The highest BCUT2D eigenvalue weighted by Crippen LogP contribution is 2.52. The van der Waals surface area contributed by atoms with Crippen LogP contribution in [0.15, 0.2) is 60.7 Å². The highest BCUT2D eigenvalue weighted by molar-refractivity contribution is 5.78. The Hall–Kier alpha value is -2.56. The van der Waals surface area contributed by atoms with Crippen LogP contribution in [0, 0.1) is 0 Å². The standard InChI is InChI=1S/C21H18N2O2/c24-20-14-11-15(21(20)25)19-18(14)22-16(12-7-3-1-4-8-12)17(23-19)13-9-5-2-6-10-13/h1-10,14-15,20-21,24-25H,11H2/t14-,15+,20-,21+. The molecule has 0 unspecified atom stereocenters. The van der Waals surface area contributed by atoms with Crippen LogP contribution in [0.1, 0.15) is 29.6 Å². The molecule has 25 heavy (non-hydrogen) atoms. The average molecular weight is 330 g/mol. The van der Waals surface area contributed by atoms with Gasteiger partial charge in [-0.2, -0.15) is 0 Å². The molecule has 2 aliphatic rings. The summed E-state index contributed by atoms with van der Waals surface area (Å²) in [5, 5.41) is 20.5. The van der Waals surface area contributed by atoms with Crippen LogP contribution in [0.2, 0.25) is 0 Å². The summed E-state index contributed by atoms with van der Waals surface area (Å²) in [4.78, 5) is 9.87. The van der Waals surface area contributed by atoms with Crippen molar-refractivity contribution in [3.63, 3.8) is 0 Å². The molecule has 4 atom stereocenters. The second-order valence-electron chi connectivity index (χ2n) is 6.85. The summed E-state index contributed by atoms with van der Waals surface area (Å²) in [7, 11) is 0. The molecule has 2 bridgehead atoms. The zero-order valence-corrected chi connectivity index (χ0v) is 13.6. The Balaban J connectivity index is 1.76. The molecule has 0 radical (unpaired) electrons. The van der Waals surface area contributed by atoms with Gasteiger partial charge in [0.05, 0.1) is 35.0 Å². The van der Waals surface area contributed by atoms with Gasteiger partial charge < -0.3 is 10.2 Å². The summed E-state index contributed by atoms with van der Waals surface area (Å²) in [6.07, 6.45) is -0.750. The van der Waals surface area contributed by atoms with E-state index in [1.165, 1.54) is 0 Å². The summed E-state index contributed by atoms with van der Waals surface area (Å²) in [5.74, 6) is -0.232. The Morgan fingerprint density at radius 2 is 1.04 bits per heavy atom. The van der Waals surface area contributed by atoms with Crippen molar-refractivity contribution in [2.45, 2.75) is 30.5 Å². The van der Waals surface area contributed by atoms with E-state index in [2.05, 4.69) is 0 Å². The first-order valence-electron chi connectivity index (χ1n) is 8.63. The Kier molecular flexibility index (Phi) is 3.23. The smallest absolute Gasteiger partial charge is 0.0968 e. The summed E-state index contributed by atoms with van der Waals surface area (Å²) in [5.41, 5.74) is 5.38. The lowest BCUT2D eigenvalue weighted by molar-refractivity contribution is 0.0200. The number of hydrogen-bond acceptors (Lipinski definition) is 4. The third kappa shape index (κ3) is 2.15. The van der Waals surface area contributed by atoms with Crippen LogP contribution in [0.25, 0.3) is 22.5 Å². The van der Waals surface area contributed by atoms with Gasteiger partial charge in [-0.25, -0.2) is 9.97 Å². The largest absolute Gasteiger partial charge is 0.390 e. The normalized spacial score (nSPS) is 26.6. The van der Waals surface area contributed by atoms with Crippen LogP contribution >= 0.6 is 0 Å². The molecule has 5 rings (SSSR count). The molecule has 0 aliphatic heterocycles. The van der Waals surface area contributed by atoms with E-state index in [4.69, 9.17) is 9.97 Å². The highest BCUT2D eigenvalue weighted by atomic mass is 16.3. The lowest BCUT2D eigenvalue weighted by atomic mass is 9.93. The van der Waals surface area contributed by atoms with Crippen molar-refractivity contribution in [1.29, 1.82) is 0 Å². The number of nitrogens with zero attached hydrogens (tertiary/aromatic N) is 2. The van der Waals surface area contributed by atoms with Crippen molar-refractivity contribution in [2.75, 3.05) is 0 Å². The van der Waals surface area contributed by atoms with E-state index in [0.717, 1.165) is 40.3 Å². The fraction of sp³-hybridized carbons (Fsp3) is 0.238. The Morgan fingerprint density at radius 1 is 0.640 bits per heavy atom. The van der Waals surface area contributed by atoms with Crippen molar-refractivity contribution in [2.24, 2.45) is 0 Å². The molecule has 1 fully saturated rings. The Labute approximate surface area is 145 Å². The zero-order valence-electron chi connectivity index (χ0n) is 13.6. The molecule has 0 spiro atoms. The van der Waals surface area contributed by atoms with Gasteiger partial charge in [0, 0.05) is 23.0 Å². The van der Waals surface area contributed by atoms with Gasteiger partial charge in [-0.05, 0) is 6.42 Å². The maximum atomic E-state index is 10.3. The van der Waals surface area contributed by atoms with Gasteiger partial charge in [-0.15, -0.1) is 0 Å². The van der Waals surface area contributed by atoms with Crippen LogP contribution in [-0.4, -0.2) is 32.4 Å². The minimum atomic E-state index is -0.738. The average Bonchev–Trinajstić information content (AvgIpc) is 3.19. The number of aliphatic hydroxyl groups excluding tert-OH is 2. The molecule has 0 saturated heterocycles. The first-order valence-corrected chi connectivity index (χ1v) is 8.63. The van der Waals surface area contributed by atoms with Gasteiger partial charge in [-0.1, -0.05) is 60.7 Å². The molecule has 4 heteroatoms. The quantitative estimate of drug-likeness (QED) is 0.758. The van der Waals surface area contributed by atoms with Gasteiger partial charge in [0.2, 0.25) is 0 Å². The summed E-state index contributed by atoms with van der Waals surface area (Å²) in [6, 6.07) is 20.0. The molecular weight excluding hydrogens is 312 g/mol. The van der Waals surface area contributed by atoms with Crippen molar-refractivity contribution >= 4 is 0 Å². The van der Waals surface area contributed by atoms with Crippen LogP contribution in [0.3, 0.4) is 0 Å². The van der Waals surface area contributed by atoms with Crippen molar-refractivity contribution in [3.8, 4) is 22.5 Å². The monoisotopic (exact) mass is 330 g/mol. The van der Waals surface area contributed by atoms with Crippen LogP contribution < -0.4 is 0 Å². The minimum Gasteiger partial charge on any atom is -0.390 e. The summed E-state index contributed by atoms with van der Waals surface area (Å²) < 4.78 is 0. The SMILES string of the molecule is O[C@@H]1[C@H](O)[C@@H]2C[C@H]1c1nc(-c3ccccc3)c(-c3ccccc3)nc12. The fourth-order valence-corrected chi connectivity index (χ4v) is 4.18. The van der Waals surface area contributed by atoms with E-state index in [-0.39, 0.29) is 11.8 Å². The van der Waals surface area contributed by atoms with Crippen LogP contribution in [-0.2, 0) is 0 Å². The van der Waals surface area contributed by atoms with Crippen molar-refractivity contribution in [1.82, 2.24) is 9.97 Å². The predicted octanol–water partition coefficient (Wildman–Crippen LogP) is 3.12. The molecule has 2 N–H and O–H groups in total. The molecule has 3 aromatic rings. The summed E-state index contributed by atoms with van der Waals surface area (Å²) >= 11 is 0. The molecular formula is C21H18N2O2. The van der Waals surface area contributed by atoms with Crippen molar-refractivity contribution < 1.29 is 10.2 Å². The van der Waals surface area contributed by atoms with Gasteiger partial charge in [0.1, 0.15) is 0 Å². The zero-order chi connectivity index (χ0) is 17.0. The number of aromatic nitrogens is 2. The third-order valence-corrected chi connectivity index (χ3v) is 5.43. The van der Waals surface area contributed by atoms with Gasteiger partial charge in [0.15, 0.2) is 0 Å². The van der Waals surface area contributed by atoms with E-state index in [9.17, 15) is 10.2 Å². The molecule has 2 aromatic carbocycles. The lowest BCUT2D eigenvalue weighted by Gasteiger charge is -2.25. The highest BCUT2D eigenvalue weighted by Gasteiger charge is 2.52. The molecule has 124 valence electrons. The molecule has 0 amide bonds. The minimum absolute atomic E-state index is 0.116. The summed E-state index contributed by atoms with van der Waals surface area (Å²) in [6.45, 7) is 0. The number of aliphatic hydroxyl groups is 2. The van der Waals surface area contributed by atoms with E-state index in [1.807, 2.05) is 60.7 Å². The van der Waals surface area contributed by atoms with E-state index in [0.29, 0.717) is 0 Å². The van der Waals surface area contributed by atoms with Gasteiger partial charge >= 0.3 is 0 Å². The number of rotatable bonds is 2. The second-order valence-corrected chi connectivity index (χ2v) is 6.85. The molecule has 4 nitrogen and oxygen atoms in total. The maximum absolute atomic E-state index is 10.3. The molecule has 1 saturated carbocycles. The predicted molar refractivity (Wildman–Crippen MR) is 95.0 cm³/mol. The topological polar surface area (TPSA) is 66.2 Å². The first kappa shape index (κ1) is 14.8. The molecule has 1 aromatic heterocycles. The number of benzene rings is 2. The van der Waals surface area contributed by atoms with Crippen molar-refractivity contribution in [3.05, 3.63) is 72.1 Å². The number of fused-ring (bicyclic) bond motifs is 5. The molecule has 1 heterocycles. The van der Waals surface area contributed by atoms with Gasteiger partial charge in [-0.3, -0.25) is 0 Å². The lowest BCUT2D eigenvalue weighted by Crippen LogP contribution is -2.32. The Morgan fingerprint density at radius 3 is 1.44 bits per heavy atom.